The van der Waals surface area contributed by atoms with Crippen LogP contribution in [0.15, 0.2) is 47.1 Å². The molecule has 1 nitrogen and oxygen atoms in total. The largest absolute Gasteiger partial charge is 0.469 e. The molecule has 0 radical (unpaired) electrons. The fourth-order valence-corrected chi connectivity index (χ4v) is 4.11. The monoisotopic (exact) mass is 390 g/mol. The normalized spacial score (nSPS) is 11.7. The van der Waals surface area contributed by atoms with E-state index in [0.29, 0.717) is 0 Å². The molecule has 1 aromatic carbocycles. The molecule has 0 saturated heterocycles. The molecule has 0 aliphatic rings. The summed E-state index contributed by atoms with van der Waals surface area (Å²) in [5.74, 6) is 0.980. The molecule has 0 aliphatic carbocycles. The number of hydrogen-bond donors (Lipinski definition) is 0. The van der Waals surface area contributed by atoms with Gasteiger partial charge in [0.2, 0.25) is 0 Å². The molecule has 18 heavy (non-hydrogen) atoms. The van der Waals surface area contributed by atoms with E-state index in [2.05, 4.69) is 37.9 Å². The molecule has 2 rings (SSSR count). The minimum Gasteiger partial charge on any atom is -0.469 e. The van der Waals surface area contributed by atoms with Gasteiger partial charge in [-0.25, -0.2) is 0 Å². The van der Waals surface area contributed by atoms with E-state index in [1.54, 1.807) is 6.26 Å². The van der Waals surface area contributed by atoms with Crippen LogP contribution in [-0.4, -0.2) is 10.7 Å². The highest BCUT2D eigenvalue weighted by molar-refractivity contribution is 9.09. The van der Waals surface area contributed by atoms with Gasteiger partial charge >= 0.3 is 0 Å². The Balaban J connectivity index is 2.37. The van der Waals surface area contributed by atoms with E-state index in [4.69, 9.17) is 16.0 Å². The van der Waals surface area contributed by atoms with Gasteiger partial charge in [-0.2, -0.15) is 0 Å². The van der Waals surface area contributed by atoms with Crippen molar-refractivity contribution in [3.05, 3.63) is 59.0 Å². The lowest BCUT2D eigenvalue weighted by Gasteiger charge is -2.30. The Labute approximate surface area is 129 Å². The van der Waals surface area contributed by atoms with Gasteiger partial charge in [-0.15, -0.1) is 0 Å². The number of hydrogen-bond acceptors (Lipinski definition) is 1. The molecule has 0 atom stereocenters. The molecule has 2 aromatic rings. The lowest BCUT2D eigenvalue weighted by Crippen LogP contribution is -2.32. The fraction of sp³-hybridized carbons (Fsp3) is 0.286. The Morgan fingerprint density at radius 2 is 1.89 bits per heavy atom. The second-order valence-electron chi connectivity index (χ2n) is 4.31. The predicted molar refractivity (Wildman–Crippen MR) is 83.1 cm³/mol. The average molecular weight is 393 g/mol. The molecule has 96 valence electrons. The predicted octanol–water partition coefficient (Wildman–Crippen LogP) is 5.20. The molecule has 1 aromatic heterocycles. The molecule has 0 fully saturated rings. The maximum atomic E-state index is 6.09. The molecular weight excluding hydrogens is 379 g/mol. The van der Waals surface area contributed by atoms with Gasteiger partial charge in [-0.05, 0) is 29.8 Å². The van der Waals surface area contributed by atoms with Gasteiger partial charge in [-0.3, -0.25) is 0 Å². The summed E-state index contributed by atoms with van der Waals surface area (Å²) in [5.41, 5.74) is 1.16. The van der Waals surface area contributed by atoms with Gasteiger partial charge in [0.15, 0.2) is 0 Å². The SMILES string of the molecule is Clc1cccc(C(CBr)(CBr)Cc2ccco2)c1. The summed E-state index contributed by atoms with van der Waals surface area (Å²) in [5, 5.41) is 2.44. The zero-order chi connectivity index (χ0) is 13.0. The summed E-state index contributed by atoms with van der Waals surface area (Å²) in [6, 6.07) is 11.9. The smallest absolute Gasteiger partial charge is 0.104 e. The second kappa shape index (κ2) is 6.27. The summed E-state index contributed by atoms with van der Waals surface area (Å²) < 4.78 is 5.47. The van der Waals surface area contributed by atoms with Crippen molar-refractivity contribution in [1.82, 2.24) is 0 Å². The van der Waals surface area contributed by atoms with Crippen molar-refractivity contribution in [1.29, 1.82) is 0 Å². The molecule has 0 unspecified atom stereocenters. The highest BCUT2D eigenvalue weighted by Crippen LogP contribution is 2.34. The average Bonchev–Trinajstić information content (AvgIpc) is 2.89. The quantitative estimate of drug-likeness (QED) is 0.637. The van der Waals surface area contributed by atoms with Crippen LogP contribution in [0.4, 0.5) is 0 Å². The molecule has 0 N–H and O–H groups in total. The van der Waals surface area contributed by atoms with Crippen LogP contribution in [-0.2, 0) is 11.8 Å². The third-order valence-corrected chi connectivity index (χ3v) is 5.42. The molecule has 0 saturated carbocycles. The van der Waals surface area contributed by atoms with E-state index in [1.807, 2.05) is 30.3 Å². The van der Waals surface area contributed by atoms with Crippen LogP contribution in [0.2, 0.25) is 5.02 Å². The van der Waals surface area contributed by atoms with Gasteiger partial charge in [-0.1, -0.05) is 55.6 Å². The summed E-state index contributed by atoms with van der Waals surface area (Å²) >= 11 is 13.3. The summed E-state index contributed by atoms with van der Waals surface area (Å²) in [4.78, 5) is 0. The van der Waals surface area contributed by atoms with Crippen molar-refractivity contribution in [3.63, 3.8) is 0 Å². The molecule has 0 spiro atoms. The summed E-state index contributed by atoms with van der Waals surface area (Å²) in [6.07, 6.45) is 2.54. The van der Waals surface area contributed by atoms with Crippen molar-refractivity contribution >= 4 is 43.5 Å². The minimum atomic E-state index is -0.0528. The molecule has 1 heterocycles. The van der Waals surface area contributed by atoms with Crippen LogP contribution in [0, 0.1) is 0 Å². The van der Waals surface area contributed by atoms with E-state index >= 15 is 0 Å². The second-order valence-corrected chi connectivity index (χ2v) is 5.87. The van der Waals surface area contributed by atoms with Gasteiger partial charge < -0.3 is 4.42 Å². The number of alkyl halides is 2. The fourth-order valence-electron chi connectivity index (χ4n) is 1.95. The van der Waals surface area contributed by atoms with Crippen LogP contribution in [0.25, 0.3) is 0 Å². The van der Waals surface area contributed by atoms with E-state index < -0.39 is 0 Å². The van der Waals surface area contributed by atoms with Crippen LogP contribution >= 0.6 is 43.5 Å². The first-order valence-corrected chi connectivity index (χ1v) is 8.23. The van der Waals surface area contributed by atoms with Crippen molar-refractivity contribution in [3.8, 4) is 0 Å². The van der Waals surface area contributed by atoms with Crippen molar-refractivity contribution in [2.24, 2.45) is 0 Å². The molecular formula is C14H13Br2ClO. The molecule has 0 aliphatic heterocycles. The molecule has 0 bridgehead atoms. The van der Waals surface area contributed by atoms with E-state index in [9.17, 15) is 0 Å². The number of rotatable bonds is 5. The number of halogens is 3. The standard InChI is InChI=1S/C14H13Br2ClO/c15-9-14(10-16,8-13-5-2-6-18-13)11-3-1-4-12(17)7-11/h1-7H,8-10H2. The molecule has 0 amide bonds. The Bertz CT molecular complexity index is 492. The Hall–Kier alpha value is -0.250. The van der Waals surface area contributed by atoms with Crippen molar-refractivity contribution in [2.45, 2.75) is 11.8 Å². The summed E-state index contributed by atoms with van der Waals surface area (Å²) in [6.45, 7) is 0. The number of furan rings is 1. The van der Waals surface area contributed by atoms with E-state index in [1.165, 1.54) is 5.56 Å². The first-order valence-electron chi connectivity index (χ1n) is 5.60. The lowest BCUT2D eigenvalue weighted by molar-refractivity contribution is 0.443. The Kier molecular flexibility index (Phi) is 4.93. The summed E-state index contributed by atoms with van der Waals surface area (Å²) in [7, 11) is 0. The van der Waals surface area contributed by atoms with Gasteiger partial charge in [0, 0.05) is 27.5 Å². The lowest BCUT2D eigenvalue weighted by atomic mass is 9.80. The topological polar surface area (TPSA) is 13.1 Å². The van der Waals surface area contributed by atoms with Crippen LogP contribution in [0.3, 0.4) is 0 Å². The first kappa shape index (κ1) is 14.2. The van der Waals surface area contributed by atoms with E-state index in [-0.39, 0.29) is 5.41 Å². The first-order chi connectivity index (χ1) is 8.70. The maximum Gasteiger partial charge on any atom is 0.104 e. The zero-order valence-electron chi connectivity index (χ0n) is 9.70. The maximum absolute atomic E-state index is 6.09. The van der Waals surface area contributed by atoms with Crippen LogP contribution in [0.5, 0.6) is 0 Å². The highest BCUT2D eigenvalue weighted by Gasteiger charge is 2.31. The van der Waals surface area contributed by atoms with Crippen LogP contribution < -0.4 is 0 Å². The van der Waals surface area contributed by atoms with Gasteiger partial charge in [0.05, 0.1) is 6.26 Å². The van der Waals surface area contributed by atoms with Crippen LogP contribution in [0.1, 0.15) is 11.3 Å². The number of benzene rings is 1. The van der Waals surface area contributed by atoms with Gasteiger partial charge in [0.1, 0.15) is 5.76 Å². The minimum absolute atomic E-state index is 0.0528. The third-order valence-electron chi connectivity index (χ3n) is 3.04. The third kappa shape index (κ3) is 3.01. The Morgan fingerprint density at radius 3 is 2.44 bits per heavy atom. The highest BCUT2D eigenvalue weighted by atomic mass is 79.9. The van der Waals surface area contributed by atoms with E-state index in [0.717, 1.165) is 27.9 Å². The van der Waals surface area contributed by atoms with Crippen molar-refractivity contribution < 1.29 is 4.42 Å². The van der Waals surface area contributed by atoms with Crippen molar-refractivity contribution in [2.75, 3.05) is 10.7 Å². The Morgan fingerprint density at radius 1 is 1.11 bits per heavy atom. The zero-order valence-corrected chi connectivity index (χ0v) is 13.6. The molecule has 4 heteroatoms. The van der Waals surface area contributed by atoms with Gasteiger partial charge in [0.25, 0.3) is 0 Å².